The molecule has 0 saturated heterocycles. The summed E-state index contributed by atoms with van der Waals surface area (Å²) in [6.45, 7) is 9.13. The van der Waals surface area contributed by atoms with Crippen LogP contribution in [0.1, 0.15) is 64.5 Å². The predicted octanol–water partition coefficient (Wildman–Crippen LogP) is 4.51. The van der Waals surface area contributed by atoms with Gasteiger partial charge in [-0.2, -0.15) is 0 Å². The number of fused-ring (bicyclic) bond motifs is 3. The summed E-state index contributed by atoms with van der Waals surface area (Å²) in [6.07, 6.45) is -0.713. The first-order chi connectivity index (χ1) is 19.4. The molecule has 0 bridgehead atoms. The van der Waals surface area contributed by atoms with Crippen molar-refractivity contribution in [3.63, 3.8) is 0 Å². The lowest BCUT2D eigenvalue weighted by Gasteiger charge is -2.26. The zero-order chi connectivity index (χ0) is 30.2. The van der Waals surface area contributed by atoms with Crippen molar-refractivity contribution in [3.8, 4) is 11.1 Å². The lowest BCUT2D eigenvalue weighted by Crippen LogP contribution is -2.54. The van der Waals surface area contributed by atoms with Crippen molar-refractivity contribution >= 4 is 24.1 Å². The second-order valence-corrected chi connectivity index (χ2v) is 11.3. The molecular formula is C31H41N3O7. The van der Waals surface area contributed by atoms with Gasteiger partial charge in [0, 0.05) is 12.5 Å². The van der Waals surface area contributed by atoms with Gasteiger partial charge in [0.25, 0.3) is 0 Å². The SMILES string of the molecule is COC(=O)C(CCCNC(=O)OCC1c2ccccc2-c2ccccc21)NC(=O)C(NC(=O)OC(C)(C)C)C(C)C. The smallest absolute Gasteiger partial charge is 0.408 e. The predicted molar refractivity (Wildman–Crippen MR) is 154 cm³/mol. The van der Waals surface area contributed by atoms with Crippen LogP contribution in [0.15, 0.2) is 48.5 Å². The summed E-state index contributed by atoms with van der Waals surface area (Å²) in [5, 5.41) is 7.94. The Bertz CT molecular complexity index is 1190. The second-order valence-electron chi connectivity index (χ2n) is 11.3. The fraction of sp³-hybridized carbons (Fsp3) is 0.484. The van der Waals surface area contributed by atoms with Gasteiger partial charge in [0.2, 0.25) is 5.91 Å². The summed E-state index contributed by atoms with van der Waals surface area (Å²) in [4.78, 5) is 50.0. The number of methoxy groups -OCH3 is 1. The first kappa shape index (κ1) is 31.4. The van der Waals surface area contributed by atoms with Crippen molar-refractivity contribution in [3.05, 3.63) is 59.7 Å². The zero-order valence-electron chi connectivity index (χ0n) is 24.6. The number of hydrogen-bond acceptors (Lipinski definition) is 7. The van der Waals surface area contributed by atoms with Crippen LogP contribution in [0.5, 0.6) is 0 Å². The van der Waals surface area contributed by atoms with Gasteiger partial charge in [-0.15, -0.1) is 0 Å². The van der Waals surface area contributed by atoms with Gasteiger partial charge < -0.3 is 30.2 Å². The summed E-state index contributed by atoms with van der Waals surface area (Å²) in [5.41, 5.74) is 3.82. The number of carbonyl (C=O) groups excluding carboxylic acids is 4. The highest BCUT2D eigenvalue weighted by Gasteiger charge is 2.31. The van der Waals surface area contributed by atoms with E-state index in [0.717, 1.165) is 22.3 Å². The number of amides is 3. The number of benzene rings is 2. The fourth-order valence-electron chi connectivity index (χ4n) is 4.77. The van der Waals surface area contributed by atoms with Crippen molar-refractivity contribution in [2.45, 2.75) is 71.1 Å². The molecule has 2 aromatic carbocycles. The van der Waals surface area contributed by atoms with Gasteiger partial charge in [-0.3, -0.25) is 4.79 Å². The molecule has 1 aliphatic rings. The third-order valence-electron chi connectivity index (χ3n) is 6.71. The molecule has 0 saturated carbocycles. The Hall–Kier alpha value is -4.08. The maximum Gasteiger partial charge on any atom is 0.408 e. The molecule has 0 radical (unpaired) electrons. The highest BCUT2D eigenvalue weighted by atomic mass is 16.6. The Labute approximate surface area is 241 Å². The van der Waals surface area contributed by atoms with Crippen LogP contribution < -0.4 is 16.0 Å². The molecule has 2 atom stereocenters. The molecule has 3 rings (SSSR count). The Morgan fingerprint density at radius 3 is 2.00 bits per heavy atom. The Morgan fingerprint density at radius 2 is 1.46 bits per heavy atom. The van der Waals surface area contributed by atoms with Crippen LogP contribution in [0, 0.1) is 5.92 Å². The summed E-state index contributed by atoms with van der Waals surface area (Å²) >= 11 is 0. The van der Waals surface area contributed by atoms with E-state index in [-0.39, 0.29) is 31.4 Å². The molecule has 1 aliphatic carbocycles. The standard InChI is InChI=1S/C31H41N3O7/c1-19(2)26(34-30(38)41-31(3,4)5)27(35)33-25(28(36)39-6)16-11-17-32-29(37)40-18-24-22-14-9-7-12-20(22)21-13-8-10-15-23(21)24/h7-10,12-15,19,24-26H,11,16-18H2,1-6H3,(H,32,37)(H,33,35)(H,34,38). The lowest BCUT2D eigenvalue weighted by atomic mass is 9.98. The summed E-state index contributed by atoms with van der Waals surface area (Å²) in [6, 6.07) is 14.3. The van der Waals surface area contributed by atoms with Crippen LogP contribution >= 0.6 is 0 Å². The van der Waals surface area contributed by atoms with E-state index in [4.69, 9.17) is 14.2 Å². The average molecular weight is 568 g/mol. The molecule has 222 valence electrons. The molecule has 3 N–H and O–H groups in total. The van der Waals surface area contributed by atoms with Gasteiger partial charge in [0.1, 0.15) is 24.3 Å². The highest BCUT2D eigenvalue weighted by Crippen LogP contribution is 2.44. The van der Waals surface area contributed by atoms with Gasteiger partial charge in [-0.1, -0.05) is 62.4 Å². The third-order valence-corrected chi connectivity index (χ3v) is 6.71. The van der Waals surface area contributed by atoms with Crippen molar-refractivity contribution in [1.29, 1.82) is 0 Å². The molecule has 0 fully saturated rings. The molecule has 0 heterocycles. The molecule has 0 aromatic heterocycles. The van der Waals surface area contributed by atoms with Crippen molar-refractivity contribution in [2.75, 3.05) is 20.3 Å². The quantitative estimate of drug-likeness (QED) is 0.207. The molecule has 2 unspecified atom stereocenters. The third kappa shape index (κ3) is 8.70. The van der Waals surface area contributed by atoms with Crippen LogP contribution in [0.4, 0.5) is 9.59 Å². The Balaban J connectivity index is 1.49. The lowest BCUT2D eigenvalue weighted by molar-refractivity contribution is -0.145. The molecule has 10 nitrogen and oxygen atoms in total. The number of carbonyl (C=O) groups is 4. The number of nitrogens with one attached hydrogen (secondary N) is 3. The number of rotatable bonds is 11. The monoisotopic (exact) mass is 567 g/mol. The topological polar surface area (TPSA) is 132 Å². The van der Waals surface area contributed by atoms with Crippen LogP contribution in [-0.4, -0.2) is 62.0 Å². The van der Waals surface area contributed by atoms with E-state index < -0.39 is 41.7 Å². The van der Waals surface area contributed by atoms with E-state index in [1.54, 1.807) is 34.6 Å². The number of esters is 1. The maximum absolute atomic E-state index is 13.0. The van der Waals surface area contributed by atoms with Gasteiger partial charge in [-0.25, -0.2) is 14.4 Å². The summed E-state index contributed by atoms with van der Waals surface area (Å²) < 4.78 is 15.7. The van der Waals surface area contributed by atoms with E-state index in [1.165, 1.54) is 7.11 Å². The van der Waals surface area contributed by atoms with Gasteiger partial charge in [0.05, 0.1) is 7.11 Å². The number of ether oxygens (including phenoxy) is 3. The van der Waals surface area contributed by atoms with Crippen LogP contribution in [0.2, 0.25) is 0 Å². The first-order valence-electron chi connectivity index (χ1n) is 13.9. The molecule has 3 amide bonds. The summed E-state index contributed by atoms with van der Waals surface area (Å²) in [5.74, 6) is -1.48. The van der Waals surface area contributed by atoms with E-state index in [1.807, 2.05) is 24.3 Å². The zero-order valence-corrected chi connectivity index (χ0v) is 24.6. The maximum atomic E-state index is 13.0. The first-order valence-corrected chi connectivity index (χ1v) is 13.9. The van der Waals surface area contributed by atoms with Crippen molar-refractivity contribution in [2.24, 2.45) is 5.92 Å². The van der Waals surface area contributed by atoms with E-state index >= 15 is 0 Å². The van der Waals surface area contributed by atoms with Gasteiger partial charge in [0.15, 0.2) is 0 Å². The van der Waals surface area contributed by atoms with Crippen LogP contribution in [-0.2, 0) is 23.8 Å². The van der Waals surface area contributed by atoms with Crippen molar-refractivity contribution < 1.29 is 33.4 Å². The largest absolute Gasteiger partial charge is 0.467 e. The molecule has 41 heavy (non-hydrogen) atoms. The Kier molecular flexibility index (Phi) is 10.7. The van der Waals surface area contributed by atoms with E-state index in [2.05, 4.69) is 40.2 Å². The fourth-order valence-corrected chi connectivity index (χ4v) is 4.77. The van der Waals surface area contributed by atoms with Crippen LogP contribution in [0.25, 0.3) is 11.1 Å². The van der Waals surface area contributed by atoms with Crippen LogP contribution in [0.3, 0.4) is 0 Å². The van der Waals surface area contributed by atoms with Gasteiger partial charge >= 0.3 is 18.2 Å². The normalized spacial score (nSPS) is 13.8. The van der Waals surface area contributed by atoms with Gasteiger partial charge in [-0.05, 0) is 61.8 Å². The average Bonchev–Trinajstić information content (AvgIpc) is 3.24. The molecular weight excluding hydrogens is 526 g/mol. The Morgan fingerprint density at radius 1 is 0.878 bits per heavy atom. The highest BCUT2D eigenvalue weighted by molar-refractivity contribution is 5.89. The van der Waals surface area contributed by atoms with E-state index in [0.29, 0.717) is 6.42 Å². The number of hydrogen-bond donors (Lipinski definition) is 3. The minimum Gasteiger partial charge on any atom is -0.467 e. The van der Waals surface area contributed by atoms with E-state index in [9.17, 15) is 19.2 Å². The number of alkyl carbamates (subject to hydrolysis) is 2. The molecule has 0 aliphatic heterocycles. The molecule has 2 aromatic rings. The minimum atomic E-state index is -0.960. The molecule has 10 heteroatoms. The molecule has 0 spiro atoms. The summed E-state index contributed by atoms with van der Waals surface area (Å²) in [7, 11) is 1.23. The second kappa shape index (κ2) is 14.0. The minimum absolute atomic E-state index is 0.0461. The van der Waals surface area contributed by atoms with Crippen molar-refractivity contribution in [1.82, 2.24) is 16.0 Å².